The topological polar surface area (TPSA) is 35.9 Å². The van der Waals surface area contributed by atoms with Crippen LogP contribution in [0.25, 0.3) is 0 Å². The average molecular weight is 293 g/mol. The molecule has 2 N–H and O–H groups in total. The lowest BCUT2D eigenvalue weighted by atomic mass is 9.89. The number of nitrogens with one attached hydrogen (secondary N) is 2. The van der Waals surface area contributed by atoms with Gasteiger partial charge < -0.3 is 10.7 Å². The minimum Gasteiger partial charge on any atom is -0.382 e. The molecule has 1 aliphatic carbocycles. The summed E-state index contributed by atoms with van der Waals surface area (Å²) in [5.74, 6) is 0. The van der Waals surface area contributed by atoms with Gasteiger partial charge in [-0.15, -0.1) is 0 Å². The second-order valence-corrected chi connectivity index (χ2v) is 5.61. The van der Waals surface area contributed by atoms with Gasteiger partial charge in [0.2, 0.25) is 0 Å². The van der Waals surface area contributed by atoms with Gasteiger partial charge in [0.05, 0.1) is 0 Å². The Bertz CT molecular complexity index is 414. The molecule has 0 saturated heterocycles. The molecule has 0 atom stereocenters. The fourth-order valence-electron chi connectivity index (χ4n) is 2.48. The molecule has 0 heterocycles. The van der Waals surface area contributed by atoms with E-state index in [1.807, 2.05) is 0 Å². The normalized spacial score (nSPS) is 16.8. The van der Waals surface area contributed by atoms with E-state index in [1.165, 1.54) is 38.3 Å². The summed E-state index contributed by atoms with van der Waals surface area (Å²) in [6.45, 7) is 0. The van der Waals surface area contributed by atoms with Gasteiger partial charge in [0, 0.05) is 28.0 Å². The Kier molecular flexibility index (Phi) is 4.27. The van der Waals surface area contributed by atoms with Crippen LogP contribution in [0.15, 0.2) is 16.6 Å². The summed E-state index contributed by atoms with van der Waals surface area (Å²) in [6.07, 6.45) is 7.99. The maximum atomic E-state index is 7.55. The molecule has 0 bridgehead atoms. The lowest BCUT2D eigenvalue weighted by molar-refractivity contribution is 0.463. The molecule has 17 heavy (non-hydrogen) atoms. The monoisotopic (exact) mass is 292 g/mol. The largest absolute Gasteiger partial charge is 0.382 e. The van der Waals surface area contributed by atoms with E-state index >= 15 is 0 Å². The Morgan fingerprint density at radius 3 is 2.65 bits per heavy atom. The fourth-order valence-corrected chi connectivity index (χ4v) is 2.83. The summed E-state index contributed by atoms with van der Waals surface area (Å²) in [7, 11) is 2.05. The first-order valence-corrected chi connectivity index (χ1v) is 7.08. The van der Waals surface area contributed by atoms with Gasteiger partial charge in [0.1, 0.15) is 7.85 Å². The lowest BCUT2D eigenvalue weighted by Gasteiger charge is -2.25. The molecule has 2 rings (SSSR count). The molecule has 1 saturated carbocycles. The number of hydrogen-bond acceptors (Lipinski definition) is 2. The molecule has 0 aliphatic heterocycles. The third-order valence-electron chi connectivity index (χ3n) is 3.56. The minimum atomic E-state index is 0.586. The van der Waals surface area contributed by atoms with Crippen molar-refractivity contribution in [1.29, 1.82) is 5.41 Å². The van der Waals surface area contributed by atoms with E-state index in [-0.39, 0.29) is 0 Å². The highest BCUT2D eigenvalue weighted by atomic mass is 79.9. The molecule has 4 heteroatoms. The number of halogens is 1. The molecule has 1 aromatic rings. The predicted octanol–water partition coefficient (Wildman–Crippen LogP) is 2.45. The van der Waals surface area contributed by atoms with Crippen molar-refractivity contribution in [1.82, 2.24) is 0 Å². The summed E-state index contributed by atoms with van der Waals surface area (Å²) in [6, 6.07) is 4.72. The molecule has 1 aromatic carbocycles. The van der Waals surface area contributed by atoms with Gasteiger partial charge in [-0.1, -0.05) is 40.7 Å². The summed E-state index contributed by atoms with van der Waals surface area (Å²) in [5.41, 5.74) is 3.25. The van der Waals surface area contributed by atoms with Crippen molar-refractivity contribution < 1.29 is 0 Å². The first kappa shape index (κ1) is 12.7. The fraction of sp³-hybridized carbons (Fsp3) is 0.462. The molecule has 0 aromatic heterocycles. The maximum absolute atomic E-state index is 7.55. The van der Waals surface area contributed by atoms with E-state index in [0.29, 0.717) is 6.04 Å². The Morgan fingerprint density at radius 2 is 2.00 bits per heavy atom. The van der Waals surface area contributed by atoms with E-state index in [9.17, 15) is 0 Å². The zero-order valence-corrected chi connectivity index (χ0v) is 11.8. The van der Waals surface area contributed by atoms with Crippen molar-refractivity contribution in [3.63, 3.8) is 0 Å². The van der Waals surface area contributed by atoms with Crippen LogP contribution in [0.3, 0.4) is 0 Å². The first-order valence-electron chi connectivity index (χ1n) is 6.28. The average Bonchev–Trinajstić information content (AvgIpc) is 2.36. The van der Waals surface area contributed by atoms with Crippen molar-refractivity contribution in [2.45, 2.75) is 38.1 Å². The van der Waals surface area contributed by atoms with Crippen LogP contribution in [0, 0.1) is 5.41 Å². The van der Waals surface area contributed by atoms with Gasteiger partial charge in [-0.2, -0.15) is 0 Å². The third kappa shape index (κ3) is 2.92. The maximum Gasteiger partial charge on any atom is 0.141 e. The van der Waals surface area contributed by atoms with Crippen LogP contribution in [0.2, 0.25) is 0 Å². The Labute approximate surface area is 112 Å². The molecule has 90 valence electrons. The molecular formula is C13H18BBrN2. The molecule has 2 nitrogen and oxygen atoms in total. The van der Waals surface area contributed by atoms with Crippen LogP contribution in [0.5, 0.6) is 0 Å². The molecule has 0 amide bonds. The number of hydrogen-bond donors (Lipinski definition) is 2. The zero-order valence-electron chi connectivity index (χ0n) is 10.2. The first-order chi connectivity index (χ1) is 8.22. The van der Waals surface area contributed by atoms with Crippen LogP contribution in [-0.2, 0) is 0 Å². The van der Waals surface area contributed by atoms with Crippen LogP contribution in [-0.4, -0.2) is 20.1 Å². The SMILES string of the molecule is Bc1c(Br)ccc(NC2CCCCC2)c1C=N. The smallest absolute Gasteiger partial charge is 0.141 e. The quantitative estimate of drug-likeness (QED) is 0.651. The standard InChI is InChI=1S/C13H18BBrN2/c14-13-10(8-16)12(7-6-11(13)15)17-9-4-2-1-3-5-9/h6-9,16-17H,1-5,14H2. The van der Waals surface area contributed by atoms with Gasteiger partial charge in [-0.05, 0) is 25.0 Å². The second-order valence-electron chi connectivity index (χ2n) is 4.76. The number of benzene rings is 1. The van der Waals surface area contributed by atoms with Crippen molar-refractivity contribution in [3.8, 4) is 0 Å². The van der Waals surface area contributed by atoms with E-state index in [1.54, 1.807) is 0 Å². The van der Waals surface area contributed by atoms with Crippen molar-refractivity contribution in [2.24, 2.45) is 0 Å². The summed E-state index contributed by atoms with van der Waals surface area (Å²) < 4.78 is 1.07. The molecule has 0 unspecified atom stereocenters. The number of anilines is 1. The van der Waals surface area contributed by atoms with Gasteiger partial charge in [0.25, 0.3) is 0 Å². The van der Waals surface area contributed by atoms with Crippen molar-refractivity contribution in [3.05, 3.63) is 22.2 Å². The van der Waals surface area contributed by atoms with Crippen LogP contribution >= 0.6 is 15.9 Å². The van der Waals surface area contributed by atoms with Gasteiger partial charge in [0.15, 0.2) is 0 Å². The summed E-state index contributed by atoms with van der Waals surface area (Å²) >= 11 is 3.52. The van der Waals surface area contributed by atoms with Gasteiger partial charge in [-0.3, -0.25) is 0 Å². The molecule has 0 radical (unpaired) electrons. The van der Waals surface area contributed by atoms with E-state index in [4.69, 9.17) is 5.41 Å². The second kappa shape index (κ2) is 5.72. The summed E-state index contributed by atoms with van der Waals surface area (Å²) in [4.78, 5) is 0. The van der Waals surface area contributed by atoms with Crippen LogP contribution < -0.4 is 10.8 Å². The van der Waals surface area contributed by atoms with E-state index in [2.05, 4.69) is 41.2 Å². The zero-order chi connectivity index (χ0) is 12.3. The van der Waals surface area contributed by atoms with Gasteiger partial charge in [-0.25, -0.2) is 0 Å². The Balaban J connectivity index is 2.19. The number of rotatable bonds is 3. The molecule has 1 aliphatic rings. The van der Waals surface area contributed by atoms with Crippen molar-refractivity contribution >= 4 is 41.1 Å². The highest BCUT2D eigenvalue weighted by Gasteiger charge is 2.15. The minimum absolute atomic E-state index is 0.586. The van der Waals surface area contributed by atoms with E-state index < -0.39 is 0 Å². The summed E-state index contributed by atoms with van der Waals surface area (Å²) in [5, 5.41) is 11.1. The highest BCUT2D eigenvalue weighted by molar-refractivity contribution is 9.10. The Hall–Kier alpha value is -0.765. The molecule has 0 spiro atoms. The highest BCUT2D eigenvalue weighted by Crippen LogP contribution is 2.24. The van der Waals surface area contributed by atoms with Gasteiger partial charge >= 0.3 is 0 Å². The molecule has 1 fully saturated rings. The van der Waals surface area contributed by atoms with Crippen molar-refractivity contribution in [2.75, 3.05) is 5.32 Å². The molecular weight excluding hydrogens is 275 g/mol. The predicted molar refractivity (Wildman–Crippen MR) is 80.7 cm³/mol. The van der Waals surface area contributed by atoms with Crippen LogP contribution in [0.1, 0.15) is 37.7 Å². The lowest BCUT2D eigenvalue weighted by Crippen LogP contribution is -2.25. The third-order valence-corrected chi connectivity index (χ3v) is 4.42. The Morgan fingerprint density at radius 1 is 1.29 bits per heavy atom. The van der Waals surface area contributed by atoms with Crippen LogP contribution in [0.4, 0.5) is 5.69 Å². The van der Waals surface area contributed by atoms with E-state index in [0.717, 1.165) is 21.2 Å².